The number of amides is 1. The average molecular weight is 293 g/mol. The molecule has 0 radical (unpaired) electrons. The third-order valence-electron chi connectivity index (χ3n) is 3.42. The fourth-order valence-corrected chi connectivity index (χ4v) is 3.59. The number of nitrogens with zero attached hydrogens (tertiary/aromatic N) is 1. The number of carbonyl (C=O) groups excluding carboxylic acids is 1. The van der Waals surface area contributed by atoms with Crippen molar-refractivity contribution in [2.75, 3.05) is 24.2 Å². The molecule has 2 rings (SSSR count). The molecule has 0 aromatic carbocycles. The lowest BCUT2D eigenvalue weighted by Gasteiger charge is -2.21. The van der Waals surface area contributed by atoms with Crippen LogP contribution < -0.4 is 10.6 Å². The molecule has 1 amide bonds. The van der Waals surface area contributed by atoms with Crippen molar-refractivity contribution in [1.29, 1.82) is 0 Å². The number of aryl methyl sites for hydroxylation is 1. The molecule has 20 heavy (non-hydrogen) atoms. The number of anilines is 1. The maximum Gasteiger partial charge on any atom is 0.254 e. The summed E-state index contributed by atoms with van der Waals surface area (Å²) < 4.78 is 0. The van der Waals surface area contributed by atoms with Crippen LogP contribution in [-0.2, 0) is 0 Å². The summed E-state index contributed by atoms with van der Waals surface area (Å²) in [5, 5.41) is 6.84. The fourth-order valence-electron chi connectivity index (χ4n) is 2.35. The van der Waals surface area contributed by atoms with E-state index in [4.69, 9.17) is 0 Å². The molecular formula is C15H23N3OS. The second-order valence-electron chi connectivity index (χ2n) is 5.10. The minimum Gasteiger partial charge on any atom is -0.385 e. The molecule has 110 valence electrons. The first-order chi connectivity index (χ1) is 9.70. The maximum absolute atomic E-state index is 12.3. The normalized spacial score (nSPS) is 18.6. The van der Waals surface area contributed by atoms with Crippen molar-refractivity contribution in [1.82, 2.24) is 10.3 Å². The predicted octanol–water partition coefficient (Wildman–Crippen LogP) is 2.84. The van der Waals surface area contributed by atoms with Gasteiger partial charge in [-0.15, -0.1) is 0 Å². The van der Waals surface area contributed by atoms with E-state index in [2.05, 4.69) is 15.6 Å². The second-order valence-corrected chi connectivity index (χ2v) is 6.51. The summed E-state index contributed by atoms with van der Waals surface area (Å²) >= 11 is 1.97. The van der Waals surface area contributed by atoms with Gasteiger partial charge in [-0.2, -0.15) is 11.8 Å². The molecule has 1 unspecified atom stereocenters. The molecule has 1 fully saturated rings. The van der Waals surface area contributed by atoms with Crippen LogP contribution >= 0.6 is 11.8 Å². The van der Waals surface area contributed by atoms with Crippen LogP contribution in [0.25, 0.3) is 0 Å². The van der Waals surface area contributed by atoms with Crippen molar-refractivity contribution in [2.45, 2.75) is 38.4 Å². The summed E-state index contributed by atoms with van der Waals surface area (Å²) in [5.41, 5.74) is 2.42. The molecule has 1 atom stereocenters. The van der Waals surface area contributed by atoms with Gasteiger partial charge in [0.15, 0.2) is 0 Å². The highest BCUT2D eigenvalue weighted by Gasteiger charge is 2.17. The summed E-state index contributed by atoms with van der Waals surface area (Å²) in [6.45, 7) is 5.50. The van der Waals surface area contributed by atoms with Crippen LogP contribution in [0.15, 0.2) is 12.3 Å². The van der Waals surface area contributed by atoms with E-state index in [1.807, 2.05) is 31.7 Å². The Labute approximate surface area is 125 Å². The SMILES string of the molecule is CCNc1cc(C)ncc1C(=O)NCC1CCCCS1. The van der Waals surface area contributed by atoms with Crippen LogP contribution in [0.4, 0.5) is 5.69 Å². The molecule has 2 heterocycles. The van der Waals surface area contributed by atoms with Crippen LogP contribution in [0.2, 0.25) is 0 Å². The molecule has 1 aliphatic heterocycles. The molecule has 1 aromatic rings. The number of rotatable bonds is 5. The largest absolute Gasteiger partial charge is 0.385 e. The molecule has 0 aliphatic carbocycles. The zero-order chi connectivity index (χ0) is 14.4. The Morgan fingerprint density at radius 2 is 2.35 bits per heavy atom. The van der Waals surface area contributed by atoms with E-state index in [1.165, 1.54) is 25.0 Å². The molecule has 0 bridgehead atoms. The highest BCUT2D eigenvalue weighted by molar-refractivity contribution is 7.99. The van der Waals surface area contributed by atoms with E-state index < -0.39 is 0 Å². The monoisotopic (exact) mass is 293 g/mol. The van der Waals surface area contributed by atoms with Gasteiger partial charge >= 0.3 is 0 Å². The van der Waals surface area contributed by atoms with E-state index >= 15 is 0 Å². The predicted molar refractivity (Wildman–Crippen MR) is 85.6 cm³/mol. The number of carbonyl (C=O) groups is 1. The first kappa shape index (κ1) is 15.2. The Balaban J connectivity index is 1.97. The highest BCUT2D eigenvalue weighted by Crippen LogP contribution is 2.24. The lowest BCUT2D eigenvalue weighted by Crippen LogP contribution is -2.32. The number of pyridine rings is 1. The summed E-state index contributed by atoms with van der Waals surface area (Å²) in [6, 6.07) is 1.92. The van der Waals surface area contributed by atoms with Gasteiger partial charge in [0, 0.05) is 30.2 Å². The van der Waals surface area contributed by atoms with Gasteiger partial charge in [0.2, 0.25) is 0 Å². The molecule has 1 aliphatic rings. The van der Waals surface area contributed by atoms with Crippen molar-refractivity contribution in [3.8, 4) is 0 Å². The lowest BCUT2D eigenvalue weighted by atomic mass is 10.1. The number of aromatic nitrogens is 1. The quantitative estimate of drug-likeness (QED) is 0.876. The van der Waals surface area contributed by atoms with Crippen LogP contribution in [0, 0.1) is 6.92 Å². The van der Waals surface area contributed by atoms with Gasteiger partial charge in [-0.05, 0) is 38.5 Å². The third kappa shape index (κ3) is 4.13. The zero-order valence-electron chi connectivity index (χ0n) is 12.2. The Morgan fingerprint density at radius 1 is 1.50 bits per heavy atom. The van der Waals surface area contributed by atoms with Crippen molar-refractivity contribution in [2.24, 2.45) is 0 Å². The maximum atomic E-state index is 12.3. The third-order valence-corrected chi connectivity index (χ3v) is 4.81. The van der Waals surface area contributed by atoms with Gasteiger partial charge in [0.25, 0.3) is 5.91 Å². The summed E-state index contributed by atoms with van der Waals surface area (Å²) in [4.78, 5) is 16.5. The van der Waals surface area contributed by atoms with Crippen molar-refractivity contribution < 1.29 is 4.79 Å². The first-order valence-corrected chi connectivity index (χ1v) is 8.36. The number of thioether (sulfide) groups is 1. The number of nitrogens with one attached hydrogen (secondary N) is 2. The van der Waals surface area contributed by atoms with Crippen LogP contribution in [0.1, 0.15) is 42.2 Å². The molecule has 4 nitrogen and oxygen atoms in total. The van der Waals surface area contributed by atoms with Gasteiger partial charge in [0.05, 0.1) is 11.3 Å². The topological polar surface area (TPSA) is 54.0 Å². The zero-order valence-corrected chi connectivity index (χ0v) is 13.1. The van der Waals surface area contributed by atoms with Crippen molar-refractivity contribution in [3.63, 3.8) is 0 Å². The summed E-state index contributed by atoms with van der Waals surface area (Å²) in [6.07, 6.45) is 5.46. The number of hydrogen-bond acceptors (Lipinski definition) is 4. The van der Waals surface area contributed by atoms with Gasteiger partial charge < -0.3 is 10.6 Å². The molecule has 5 heteroatoms. The van der Waals surface area contributed by atoms with Crippen LogP contribution in [0.3, 0.4) is 0 Å². The standard InChI is InChI=1S/C15H23N3OS/c1-3-16-14-8-11(2)17-10-13(14)15(19)18-9-12-6-4-5-7-20-12/h8,10,12H,3-7,9H2,1-2H3,(H,16,17)(H,18,19). The lowest BCUT2D eigenvalue weighted by molar-refractivity contribution is 0.0954. The molecule has 0 saturated carbocycles. The van der Waals surface area contributed by atoms with Gasteiger partial charge in [0.1, 0.15) is 0 Å². The Bertz CT molecular complexity index is 458. The van der Waals surface area contributed by atoms with E-state index in [0.29, 0.717) is 10.8 Å². The fraction of sp³-hybridized carbons (Fsp3) is 0.600. The smallest absolute Gasteiger partial charge is 0.254 e. The second kappa shape index (κ2) is 7.53. The summed E-state index contributed by atoms with van der Waals surface area (Å²) in [5.74, 6) is 1.19. The van der Waals surface area contributed by atoms with E-state index in [1.54, 1.807) is 6.20 Å². The van der Waals surface area contributed by atoms with Crippen molar-refractivity contribution in [3.05, 3.63) is 23.5 Å². The minimum absolute atomic E-state index is 0.0281. The highest BCUT2D eigenvalue weighted by atomic mass is 32.2. The van der Waals surface area contributed by atoms with Gasteiger partial charge in [-0.25, -0.2) is 0 Å². The molecule has 1 aromatic heterocycles. The summed E-state index contributed by atoms with van der Waals surface area (Å²) in [7, 11) is 0. The van der Waals surface area contributed by atoms with Crippen LogP contribution in [0.5, 0.6) is 0 Å². The number of hydrogen-bond donors (Lipinski definition) is 2. The molecule has 1 saturated heterocycles. The average Bonchev–Trinajstić information content (AvgIpc) is 2.46. The minimum atomic E-state index is -0.0281. The van der Waals surface area contributed by atoms with Crippen molar-refractivity contribution >= 4 is 23.4 Å². The molecule has 2 N–H and O–H groups in total. The molecule has 0 spiro atoms. The van der Waals surface area contributed by atoms with Gasteiger partial charge in [-0.3, -0.25) is 9.78 Å². The van der Waals surface area contributed by atoms with Crippen LogP contribution in [-0.4, -0.2) is 35.0 Å². The van der Waals surface area contributed by atoms with E-state index in [9.17, 15) is 4.79 Å². The van der Waals surface area contributed by atoms with E-state index in [-0.39, 0.29) is 5.91 Å². The first-order valence-electron chi connectivity index (χ1n) is 7.31. The molecular weight excluding hydrogens is 270 g/mol. The Kier molecular flexibility index (Phi) is 5.71. The van der Waals surface area contributed by atoms with E-state index in [0.717, 1.165) is 24.5 Å². The Hall–Kier alpha value is -1.23. The van der Waals surface area contributed by atoms with Gasteiger partial charge in [-0.1, -0.05) is 6.42 Å². The Morgan fingerprint density at radius 3 is 3.05 bits per heavy atom.